The molecule has 3 aromatic rings. The smallest absolute Gasteiger partial charge is 0.241 e. The molecule has 8 heteroatoms. The van der Waals surface area contributed by atoms with E-state index in [4.69, 9.17) is 9.47 Å². The number of thiazole rings is 1. The molecule has 0 saturated heterocycles. The average Bonchev–Trinajstić information content (AvgIpc) is 3.07. The first kappa shape index (κ1) is 19.3. The van der Waals surface area contributed by atoms with Crippen molar-refractivity contribution < 1.29 is 17.9 Å². The second kappa shape index (κ2) is 8.08. The zero-order valence-electron chi connectivity index (χ0n) is 15.2. The highest BCUT2D eigenvalue weighted by molar-refractivity contribution is 7.89. The normalized spacial score (nSPS) is 11.4. The third-order valence-corrected chi connectivity index (χ3v) is 6.61. The lowest BCUT2D eigenvalue weighted by molar-refractivity contribution is 0.354. The minimum atomic E-state index is -3.69. The number of aryl methyl sites for hydroxylation is 1. The molecule has 0 aliphatic heterocycles. The topological polar surface area (TPSA) is 77.5 Å². The van der Waals surface area contributed by atoms with Crippen molar-refractivity contribution in [2.24, 2.45) is 0 Å². The molecule has 0 aliphatic carbocycles. The van der Waals surface area contributed by atoms with Crippen LogP contribution in [-0.2, 0) is 16.6 Å². The van der Waals surface area contributed by atoms with E-state index in [9.17, 15) is 8.42 Å². The predicted molar refractivity (Wildman–Crippen MR) is 106 cm³/mol. The summed E-state index contributed by atoms with van der Waals surface area (Å²) in [6, 6.07) is 14.3. The SMILES string of the molecule is COc1ccc(S(=O)(=O)NCc2sc(-c3ccccc3)nc2C)cc1OC. The third kappa shape index (κ3) is 4.29. The van der Waals surface area contributed by atoms with E-state index in [0.717, 1.165) is 21.1 Å². The summed E-state index contributed by atoms with van der Waals surface area (Å²) in [7, 11) is -0.728. The maximum absolute atomic E-state index is 12.6. The summed E-state index contributed by atoms with van der Waals surface area (Å²) < 4.78 is 38.2. The van der Waals surface area contributed by atoms with Crippen LogP contribution in [-0.4, -0.2) is 27.6 Å². The first-order valence-corrected chi connectivity index (χ1v) is 10.5. The van der Waals surface area contributed by atoms with Gasteiger partial charge in [-0.2, -0.15) is 0 Å². The van der Waals surface area contributed by atoms with E-state index in [1.54, 1.807) is 6.07 Å². The molecule has 1 heterocycles. The van der Waals surface area contributed by atoms with Crippen LogP contribution in [0.15, 0.2) is 53.4 Å². The molecule has 27 heavy (non-hydrogen) atoms. The average molecular weight is 405 g/mol. The van der Waals surface area contributed by atoms with Crippen LogP contribution in [0.2, 0.25) is 0 Å². The van der Waals surface area contributed by atoms with Gasteiger partial charge in [-0.25, -0.2) is 18.1 Å². The van der Waals surface area contributed by atoms with Crippen LogP contribution in [0.25, 0.3) is 10.6 Å². The molecule has 0 amide bonds. The van der Waals surface area contributed by atoms with Gasteiger partial charge in [-0.05, 0) is 19.1 Å². The van der Waals surface area contributed by atoms with Crippen molar-refractivity contribution in [1.29, 1.82) is 0 Å². The van der Waals surface area contributed by atoms with E-state index in [2.05, 4.69) is 9.71 Å². The van der Waals surface area contributed by atoms with E-state index >= 15 is 0 Å². The fourth-order valence-electron chi connectivity index (χ4n) is 2.52. The number of hydrogen-bond donors (Lipinski definition) is 1. The highest BCUT2D eigenvalue weighted by atomic mass is 32.2. The summed E-state index contributed by atoms with van der Waals surface area (Å²) in [5.41, 5.74) is 1.83. The molecule has 142 valence electrons. The van der Waals surface area contributed by atoms with Gasteiger partial charge in [-0.15, -0.1) is 11.3 Å². The van der Waals surface area contributed by atoms with Crippen LogP contribution in [0.4, 0.5) is 0 Å². The van der Waals surface area contributed by atoms with E-state index in [0.29, 0.717) is 11.5 Å². The van der Waals surface area contributed by atoms with Crippen molar-refractivity contribution in [3.05, 3.63) is 59.1 Å². The summed E-state index contributed by atoms with van der Waals surface area (Å²) in [6.45, 7) is 2.05. The lowest BCUT2D eigenvalue weighted by atomic mass is 10.2. The molecule has 0 fully saturated rings. The fraction of sp³-hybridized carbons (Fsp3) is 0.211. The van der Waals surface area contributed by atoms with Gasteiger partial charge in [-0.1, -0.05) is 30.3 Å². The van der Waals surface area contributed by atoms with E-state index in [1.165, 1.54) is 37.7 Å². The second-order valence-corrected chi connectivity index (χ2v) is 8.59. The van der Waals surface area contributed by atoms with Gasteiger partial charge in [0.25, 0.3) is 0 Å². The molecule has 1 aromatic heterocycles. The Kier molecular flexibility index (Phi) is 5.79. The minimum Gasteiger partial charge on any atom is -0.493 e. The number of aromatic nitrogens is 1. The molecule has 0 bridgehead atoms. The van der Waals surface area contributed by atoms with E-state index in [1.807, 2.05) is 37.3 Å². The molecule has 0 spiro atoms. The highest BCUT2D eigenvalue weighted by Gasteiger charge is 2.18. The number of nitrogens with one attached hydrogen (secondary N) is 1. The van der Waals surface area contributed by atoms with Crippen molar-refractivity contribution in [2.75, 3.05) is 14.2 Å². The molecular weight excluding hydrogens is 384 g/mol. The largest absolute Gasteiger partial charge is 0.493 e. The lowest BCUT2D eigenvalue weighted by Gasteiger charge is -2.10. The van der Waals surface area contributed by atoms with Gasteiger partial charge in [0, 0.05) is 23.1 Å². The molecule has 3 rings (SSSR count). The summed E-state index contributed by atoms with van der Waals surface area (Å²) in [5.74, 6) is 0.836. The van der Waals surface area contributed by atoms with Crippen LogP contribution in [0.1, 0.15) is 10.6 Å². The standard InChI is InChI=1S/C19H20N2O4S2/c1-13-18(26-19(21-13)14-7-5-4-6-8-14)12-20-27(22,23)15-9-10-16(24-2)17(11-15)25-3/h4-11,20H,12H2,1-3H3. The Morgan fingerprint density at radius 1 is 1.04 bits per heavy atom. The Balaban J connectivity index is 1.79. The zero-order valence-corrected chi connectivity index (χ0v) is 16.9. The van der Waals surface area contributed by atoms with Gasteiger partial charge in [0.2, 0.25) is 10.0 Å². The van der Waals surface area contributed by atoms with Crippen LogP contribution in [0.5, 0.6) is 11.5 Å². The second-order valence-electron chi connectivity index (χ2n) is 5.73. The summed E-state index contributed by atoms with van der Waals surface area (Å²) in [5, 5.41) is 0.869. The minimum absolute atomic E-state index is 0.116. The Labute approximate surface area is 162 Å². The predicted octanol–water partition coefficient (Wildman–Crippen LogP) is 3.61. The number of rotatable bonds is 7. The van der Waals surface area contributed by atoms with E-state index < -0.39 is 10.0 Å². The molecule has 2 aromatic carbocycles. The van der Waals surface area contributed by atoms with Crippen LogP contribution >= 0.6 is 11.3 Å². The summed E-state index contributed by atoms with van der Waals surface area (Å²) in [6.07, 6.45) is 0. The molecule has 0 atom stereocenters. The maximum atomic E-state index is 12.6. The number of ether oxygens (including phenoxy) is 2. The molecule has 1 N–H and O–H groups in total. The Hall–Kier alpha value is -2.42. The fourth-order valence-corrected chi connectivity index (χ4v) is 4.63. The van der Waals surface area contributed by atoms with Gasteiger partial charge in [-0.3, -0.25) is 0 Å². The summed E-state index contributed by atoms with van der Waals surface area (Å²) >= 11 is 1.48. The summed E-state index contributed by atoms with van der Waals surface area (Å²) in [4.78, 5) is 5.54. The van der Waals surface area contributed by atoms with Crippen molar-refractivity contribution >= 4 is 21.4 Å². The Morgan fingerprint density at radius 3 is 2.41 bits per heavy atom. The van der Waals surface area contributed by atoms with Gasteiger partial charge in [0.05, 0.1) is 24.8 Å². The zero-order chi connectivity index (χ0) is 19.4. The Bertz CT molecular complexity index is 1030. The van der Waals surface area contributed by atoms with Gasteiger partial charge in [0.15, 0.2) is 11.5 Å². The van der Waals surface area contributed by atoms with Gasteiger partial charge >= 0.3 is 0 Å². The van der Waals surface area contributed by atoms with Crippen LogP contribution in [0.3, 0.4) is 0 Å². The van der Waals surface area contributed by atoms with Crippen molar-refractivity contribution in [2.45, 2.75) is 18.4 Å². The number of methoxy groups -OCH3 is 2. The van der Waals surface area contributed by atoms with Gasteiger partial charge in [0.1, 0.15) is 5.01 Å². The number of nitrogens with zero attached hydrogens (tertiary/aromatic N) is 1. The van der Waals surface area contributed by atoms with E-state index in [-0.39, 0.29) is 11.4 Å². The molecule has 0 unspecified atom stereocenters. The number of hydrogen-bond acceptors (Lipinski definition) is 6. The van der Waals surface area contributed by atoms with Crippen LogP contribution < -0.4 is 14.2 Å². The Morgan fingerprint density at radius 2 is 1.74 bits per heavy atom. The lowest BCUT2D eigenvalue weighted by Crippen LogP contribution is -2.23. The number of benzene rings is 2. The first-order chi connectivity index (χ1) is 12.9. The molecule has 0 radical (unpaired) electrons. The molecular formula is C19H20N2O4S2. The van der Waals surface area contributed by atoms with Crippen molar-refractivity contribution in [1.82, 2.24) is 9.71 Å². The molecule has 0 aliphatic rings. The van der Waals surface area contributed by atoms with Crippen LogP contribution in [0, 0.1) is 6.92 Å². The quantitative estimate of drug-likeness (QED) is 0.651. The highest BCUT2D eigenvalue weighted by Crippen LogP contribution is 2.30. The number of sulfonamides is 1. The third-order valence-electron chi connectivity index (χ3n) is 4.00. The monoisotopic (exact) mass is 404 g/mol. The molecule has 0 saturated carbocycles. The van der Waals surface area contributed by atoms with Crippen molar-refractivity contribution in [3.63, 3.8) is 0 Å². The molecule has 6 nitrogen and oxygen atoms in total. The first-order valence-electron chi connectivity index (χ1n) is 8.18. The van der Waals surface area contributed by atoms with Gasteiger partial charge < -0.3 is 9.47 Å². The maximum Gasteiger partial charge on any atom is 0.241 e. The van der Waals surface area contributed by atoms with Crippen molar-refractivity contribution in [3.8, 4) is 22.1 Å².